The maximum Gasteiger partial charge on any atom is 0.274 e. The summed E-state index contributed by atoms with van der Waals surface area (Å²) in [5.74, 6) is -2.90. The number of methoxy groups -OCH3 is 1. The van der Waals surface area contributed by atoms with Crippen LogP contribution < -0.4 is 15.8 Å². The number of nitrogens with one attached hydrogen (secondary N) is 1. The lowest BCUT2D eigenvalue weighted by Crippen LogP contribution is -2.49. The van der Waals surface area contributed by atoms with Crippen molar-refractivity contribution in [2.75, 3.05) is 19.1 Å². The number of alkyl halides is 2. The number of hydrogen-bond donors (Lipinski definition) is 2. The van der Waals surface area contributed by atoms with E-state index in [0.29, 0.717) is 5.75 Å². The second-order valence-electron chi connectivity index (χ2n) is 7.09. The third-order valence-electron chi connectivity index (χ3n) is 5.19. The molecule has 2 aromatic rings. The van der Waals surface area contributed by atoms with Gasteiger partial charge in [0.1, 0.15) is 41.1 Å². The normalized spacial score (nSPS) is 23.1. The first-order valence-electron chi connectivity index (χ1n) is 9.22. The third kappa shape index (κ3) is 4.10. The molecular weight excluding hydrogens is 416 g/mol. The van der Waals surface area contributed by atoms with E-state index in [2.05, 4.69) is 21.9 Å². The number of carbonyl (C=O) groups is 1. The summed E-state index contributed by atoms with van der Waals surface area (Å²) in [6, 6.07) is 6.36. The quantitative estimate of drug-likeness (QED) is 0.670. The molecule has 0 aliphatic carbocycles. The summed E-state index contributed by atoms with van der Waals surface area (Å²) in [6.45, 7) is 1.77. The minimum absolute atomic E-state index is 0.0568. The van der Waals surface area contributed by atoms with Gasteiger partial charge in [0, 0.05) is 11.3 Å². The van der Waals surface area contributed by atoms with Gasteiger partial charge in [0.25, 0.3) is 5.91 Å². The number of nitrogens with zero attached hydrogens (tertiary/aromatic N) is 2. The molecule has 3 N–H and O–H groups in total. The van der Waals surface area contributed by atoms with Gasteiger partial charge in [-0.25, -0.2) is 22.5 Å². The summed E-state index contributed by atoms with van der Waals surface area (Å²) < 4.78 is 61.7. The maximum atomic E-state index is 14.7. The van der Waals surface area contributed by atoms with Crippen molar-refractivity contribution in [1.82, 2.24) is 4.98 Å². The molecule has 1 amide bonds. The molecule has 1 aliphatic heterocycles. The molecule has 0 bridgehead atoms. The number of amidine groups is 1. The van der Waals surface area contributed by atoms with Crippen LogP contribution in [0.25, 0.3) is 0 Å². The van der Waals surface area contributed by atoms with Gasteiger partial charge < -0.3 is 15.8 Å². The van der Waals surface area contributed by atoms with E-state index in [4.69, 9.17) is 10.5 Å². The highest BCUT2D eigenvalue weighted by Crippen LogP contribution is 2.46. The number of amides is 1. The molecule has 0 saturated heterocycles. The van der Waals surface area contributed by atoms with Crippen molar-refractivity contribution < 1.29 is 27.1 Å². The van der Waals surface area contributed by atoms with Crippen LogP contribution in [0.5, 0.6) is 5.75 Å². The molecule has 0 saturated carbocycles. The Morgan fingerprint density at radius 1 is 1.32 bits per heavy atom. The van der Waals surface area contributed by atoms with Gasteiger partial charge in [-0.3, -0.25) is 9.79 Å². The Morgan fingerprint density at radius 3 is 2.61 bits per heavy atom. The molecule has 2 heterocycles. The van der Waals surface area contributed by atoms with Crippen molar-refractivity contribution >= 4 is 17.4 Å². The van der Waals surface area contributed by atoms with Gasteiger partial charge in [0.2, 0.25) is 0 Å². The molecule has 2 atom stereocenters. The summed E-state index contributed by atoms with van der Waals surface area (Å²) in [5.41, 5.74) is 0.810. The minimum atomic E-state index is -2.55. The first kappa shape index (κ1) is 22.3. The van der Waals surface area contributed by atoms with E-state index in [1.54, 1.807) is 0 Å². The van der Waals surface area contributed by atoms with Crippen LogP contribution in [0, 0.1) is 5.82 Å². The Labute approximate surface area is 175 Å². The molecule has 0 spiro atoms. The molecule has 0 unspecified atom stereocenters. The predicted octanol–water partition coefficient (Wildman–Crippen LogP) is 3.99. The lowest BCUT2D eigenvalue weighted by Gasteiger charge is -2.37. The number of benzene rings is 1. The zero-order valence-electron chi connectivity index (χ0n) is 16.6. The third-order valence-corrected chi connectivity index (χ3v) is 5.19. The lowest BCUT2D eigenvalue weighted by atomic mass is 9.78. The van der Waals surface area contributed by atoms with Crippen LogP contribution in [-0.4, -0.2) is 36.2 Å². The van der Waals surface area contributed by atoms with Crippen LogP contribution in [0.15, 0.2) is 53.9 Å². The standard InChI is InChI=1S/C21H20F4N4O2/c1-12(23)21(8-7-20(25,11-22)19(26)29-21)15-9-13(3-5-16(15)24)28-18(30)17-6-4-14(31-2)10-27-17/h3-6,9-10H,1,7-8,11H2,2H3,(H2,26,29)(H,28,30)/t20-,21-/m1/s1. The highest BCUT2D eigenvalue weighted by atomic mass is 19.2. The largest absolute Gasteiger partial charge is 0.495 e. The molecule has 164 valence electrons. The Morgan fingerprint density at radius 2 is 2.06 bits per heavy atom. The van der Waals surface area contributed by atoms with Crippen LogP contribution >= 0.6 is 0 Å². The van der Waals surface area contributed by atoms with Crippen LogP contribution in [-0.2, 0) is 5.54 Å². The van der Waals surface area contributed by atoms with E-state index in [0.717, 1.165) is 12.1 Å². The Hall–Kier alpha value is -3.43. The number of anilines is 1. The summed E-state index contributed by atoms with van der Waals surface area (Å²) in [6.07, 6.45) is 0.423. The monoisotopic (exact) mass is 436 g/mol. The summed E-state index contributed by atoms with van der Waals surface area (Å²) in [4.78, 5) is 20.2. The number of halogens is 4. The first-order valence-corrected chi connectivity index (χ1v) is 9.22. The Balaban J connectivity index is 1.97. The fraction of sp³-hybridized carbons (Fsp3) is 0.286. The van der Waals surface area contributed by atoms with Gasteiger partial charge in [-0.15, -0.1) is 0 Å². The van der Waals surface area contributed by atoms with Gasteiger partial charge >= 0.3 is 0 Å². The molecule has 1 aromatic carbocycles. The Bertz CT molecular complexity index is 1040. The number of carbonyl (C=O) groups excluding carboxylic acids is 1. The fourth-order valence-electron chi connectivity index (χ4n) is 3.29. The number of aliphatic imine (C=N–C) groups is 1. The van der Waals surface area contributed by atoms with Crippen LogP contribution in [0.2, 0.25) is 0 Å². The molecule has 0 radical (unpaired) electrons. The van der Waals surface area contributed by atoms with Gasteiger partial charge in [0.05, 0.1) is 13.3 Å². The minimum Gasteiger partial charge on any atom is -0.495 e. The average Bonchev–Trinajstić information content (AvgIpc) is 2.77. The van der Waals surface area contributed by atoms with Gasteiger partial charge in [-0.1, -0.05) is 6.58 Å². The maximum absolute atomic E-state index is 14.7. The lowest BCUT2D eigenvalue weighted by molar-refractivity contribution is 0.102. The molecule has 0 fully saturated rings. The van der Waals surface area contributed by atoms with Crippen molar-refractivity contribution in [2.24, 2.45) is 10.7 Å². The summed E-state index contributed by atoms with van der Waals surface area (Å²) >= 11 is 0. The van der Waals surface area contributed by atoms with Crippen LogP contribution in [0.1, 0.15) is 28.9 Å². The topological polar surface area (TPSA) is 89.6 Å². The van der Waals surface area contributed by atoms with Crippen molar-refractivity contribution in [3.05, 3.63) is 66.0 Å². The van der Waals surface area contributed by atoms with Crippen LogP contribution in [0.4, 0.5) is 23.2 Å². The number of ether oxygens (including phenoxy) is 1. The number of pyridine rings is 1. The number of rotatable bonds is 6. The highest BCUT2D eigenvalue weighted by molar-refractivity contribution is 6.03. The Kier molecular flexibility index (Phi) is 6.01. The van der Waals surface area contributed by atoms with Crippen LogP contribution in [0.3, 0.4) is 0 Å². The molecule has 31 heavy (non-hydrogen) atoms. The second kappa shape index (κ2) is 8.37. The van der Waals surface area contributed by atoms with Gasteiger partial charge in [0.15, 0.2) is 5.67 Å². The van der Waals surface area contributed by atoms with Crippen molar-refractivity contribution in [2.45, 2.75) is 24.0 Å². The summed E-state index contributed by atoms with van der Waals surface area (Å²) in [7, 11) is 1.45. The van der Waals surface area contributed by atoms with Gasteiger partial charge in [-0.2, -0.15) is 0 Å². The highest BCUT2D eigenvalue weighted by Gasteiger charge is 2.49. The van der Waals surface area contributed by atoms with E-state index in [1.807, 2.05) is 0 Å². The number of nitrogens with two attached hydrogens (primary N) is 1. The molecule has 1 aliphatic rings. The second-order valence-corrected chi connectivity index (χ2v) is 7.09. The molecular formula is C21H20F4N4O2. The van der Waals surface area contributed by atoms with Crippen molar-refractivity contribution in [3.8, 4) is 5.75 Å². The predicted molar refractivity (Wildman–Crippen MR) is 108 cm³/mol. The van der Waals surface area contributed by atoms with E-state index in [1.165, 1.54) is 31.5 Å². The van der Waals surface area contributed by atoms with Crippen molar-refractivity contribution in [3.63, 3.8) is 0 Å². The molecule has 6 nitrogen and oxygen atoms in total. The molecule has 1 aromatic heterocycles. The number of hydrogen-bond acceptors (Lipinski definition) is 5. The van der Waals surface area contributed by atoms with Gasteiger partial charge in [-0.05, 0) is 43.2 Å². The molecule has 3 rings (SSSR count). The van der Waals surface area contributed by atoms with E-state index >= 15 is 0 Å². The first-order chi connectivity index (χ1) is 14.6. The zero-order valence-corrected chi connectivity index (χ0v) is 16.6. The van der Waals surface area contributed by atoms with E-state index in [-0.39, 0.29) is 16.9 Å². The average molecular weight is 436 g/mol. The number of aromatic nitrogens is 1. The smallest absolute Gasteiger partial charge is 0.274 e. The van der Waals surface area contributed by atoms with E-state index in [9.17, 15) is 22.4 Å². The fourth-order valence-corrected chi connectivity index (χ4v) is 3.29. The van der Waals surface area contributed by atoms with Crippen molar-refractivity contribution in [1.29, 1.82) is 0 Å². The summed E-state index contributed by atoms with van der Waals surface area (Å²) in [5, 5.41) is 2.52. The SMILES string of the molecule is C=C(F)[C@@]1(c2cc(NC(=O)c3ccc(OC)cn3)ccc2F)CC[C@@](F)(CF)C(N)=N1. The zero-order chi connectivity index (χ0) is 22.8. The molecule has 10 heteroatoms. The van der Waals surface area contributed by atoms with E-state index < -0.39 is 54.1 Å².